The van der Waals surface area contributed by atoms with Crippen molar-refractivity contribution < 1.29 is 4.79 Å². The van der Waals surface area contributed by atoms with E-state index in [9.17, 15) is 4.79 Å². The Morgan fingerprint density at radius 2 is 2.17 bits per heavy atom. The molecule has 1 aromatic carbocycles. The van der Waals surface area contributed by atoms with E-state index in [1.54, 1.807) is 6.07 Å². The molecule has 0 saturated heterocycles. The molecule has 0 aliphatic rings. The van der Waals surface area contributed by atoms with Crippen molar-refractivity contribution in [2.24, 2.45) is 0 Å². The van der Waals surface area contributed by atoms with Crippen LogP contribution in [0.25, 0.3) is 0 Å². The zero-order valence-corrected chi connectivity index (χ0v) is 7.71. The summed E-state index contributed by atoms with van der Waals surface area (Å²) in [5, 5.41) is 0. The number of benzene rings is 1. The van der Waals surface area contributed by atoms with Gasteiger partial charge in [-0.05, 0) is 18.1 Å². The monoisotopic (exact) mass is 180 g/mol. The Bertz CT molecular complexity index is 286. The molecule has 1 rings (SSSR count). The van der Waals surface area contributed by atoms with Gasteiger partial charge < -0.3 is 0 Å². The van der Waals surface area contributed by atoms with Crippen molar-refractivity contribution >= 4 is 18.7 Å². The smallest absolute Gasteiger partial charge is 0.212 e. The first kappa shape index (κ1) is 9.29. The highest BCUT2D eigenvalue weighted by atomic mass is 32.1. The topological polar surface area (TPSA) is 31.2 Å². The molecule has 0 aliphatic carbocycles. The SMILES string of the molecule is CCc1ccccc1C(=O)[N+]S. The maximum atomic E-state index is 11.2. The fraction of sp³-hybridized carbons (Fsp3) is 0.222. The van der Waals surface area contributed by atoms with E-state index in [-0.39, 0.29) is 5.91 Å². The molecule has 0 atom stereocenters. The standard InChI is InChI=1S/C9H10NOS/c1-2-7-5-3-4-6-8(7)9(11)10-12/h3-6,12H,2H2,1H3/q+1. The Kier molecular flexibility index (Phi) is 3.31. The second-order valence-electron chi connectivity index (χ2n) is 2.42. The van der Waals surface area contributed by atoms with E-state index >= 15 is 0 Å². The highest BCUT2D eigenvalue weighted by Gasteiger charge is 2.20. The van der Waals surface area contributed by atoms with E-state index in [1.165, 1.54) is 0 Å². The normalized spacial score (nSPS) is 9.83. The van der Waals surface area contributed by atoms with Crippen LogP contribution in [0.15, 0.2) is 24.3 Å². The Morgan fingerprint density at radius 3 is 2.75 bits per heavy atom. The minimum atomic E-state index is -0.268. The number of nitrogens with zero attached hydrogens (tertiary/aromatic N) is 1. The largest absolute Gasteiger partial charge is 0.468 e. The zero-order chi connectivity index (χ0) is 8.97. The molecule has 0 bridgehead atoms. The van der Waals surface area contributed by atoms with Gasteiger partial charge in [-0.15, -0.1) is 0 Å². The fourth-order valence-corrected chi connectivity index (χ4v) is 1.20. The summed E-state index contributed by atoms with van der Waals surface area (Å²) < 4.78 is 3.32. The molecule has 0 unspecified atom stereocenters. The van der Waals surface area contributed by atoms with Crippen molar-refractivity contribution in [3.63, 3.8) is 0 Å². The van der Waals surface area contributed by atoms with E-state index in [2.05, 4.69) is 17.5 Å². The number of amides is 1. The van der Waals surface area contributed by atoms with Crippen molar-refractivity contribution in [1.82, 2.24) is 4.72 Å². The van der Waals surface area contributed by atoms with E-state index in [1.807, 2.05) is 25.1 Å². The lowest BCUT2D eigenvalue weighted by Gasteiger charge is -1.97. The summed E-state index contributed by atoms with van der Waals surface area (Å²) in [6, 6.07) is 7.42. The molecule has 0 saturated carbocycles. The Morgan fingerprint density at radius 1 is 1.50 bits per heavy atom. The van der Waals surface area contributed by atoms with Crippen LogP contribution in [0.1, 0.15) is 22.8 Å². The van der Waals surface area contributed by atoms with E-state index in [4.69, 9.17) is 0 Å². The van der Waals surface area contributed by atoms with Gasteiger partial charge in [0.05, 0.1) is 5.56 Å². The lowest BCUT2D eigenvalue weighted by Crippen LogP contribution is -2.08. The van der Waals surface area contributed by atoms with Crippen LogP contribution >= 0.6 is 12.8 Å². The van der Waals surface area contributed by atoms with Gasteiger partial charge in [0.25, 0.3) is 0 Å². The number of hydrogen-bond donors (Lipinski definition) is 1. The first-order valence-electron chi connectivity index (χ1n) is 3.77. The third-order valence-electron chi connectivity index (χ3n) is 1.72. The second kappa shape index (κ2) is 4.28. The molecule has 1 aromatic rings. The number of aryl methyl sites for hydroxylation is 1. The van der Waals surface area contributed by atoms with Crippen LogP contribution in [0.5, 0.6) is 0 Å². The van der Waals surface area contributed by atoms with Gasteiger partial charge in [0.15, 0.2) is 12.8 Å². The average Bonchev–Trinajstić information content (AvgIpc) is 2.16. The Balaban J connectivity index is 3.04. The van der Waals surface area contributed by atoms with Crippen LogP contribution in [-0.2, 0) is 6.42 Å². The summed E-state index contributed by atoms with van der Waals surface area (Å²) >= 11 is 3.59. The van der Waals surface area contributed by atoms with E-state index in [0.29, 0.717) is 5.56 Å². The molecule has 0 heterocycles. The second-order valence-corrected chi connectivity index (χ2v) is 2.62. The Hall–Kier alpha value is -0.800. The molecule has 12 heavy (non-hydrogen) atoms. The molecule has 0 spiro atoms. The molecule has 62 valence electrons. The lowest BCUT2D eigenvalue weighted by molar-refractivity contribution is 0.0981. The summed E-state index contributed by atoms with van der Waals surface area (Å²) in [5.74, 6) is -0.268. The summed E-state index contributed by atoms with van der Waals surface area (Å²) in [6.07, 6.45) is 0.839. The number of carbonyl (C=O) groups excluding carboxylic acids is 1. The molecule has 0 N–H and O–H groups in total. The van der Waals surface area contributed by atoms with Gasteiger partial charge in [-0.2, -0.15) is 0 Å². The number of carbonyl (C=O) groups is 1. The molecular weight excluding hydrogens is 170 g/mol. The van der Waals surface area contributed by atoms with E-state index < -0.39 is 0 Å². The first-order chi connectivity index (χ1) is 5.79. The minimum absolute atomic E-state index is 0.268. The molecule has 3 heteroatoms. The van der Waals surface area contributed by atoms with Gasteiger partial charge >= 0.3 is 5.91 Å². The summed E-state index contributed by atoms with van der Waals surface area (Å²) in [4.78, 5) is 11.2. The average molecular weight is 180 g/mol. The first-order valence-corrected chi connectivity index (χ1v) is 4.17. The number of rotatable bonds is 2. The van der Waals surface area contributed by atoms with Crippen molar-refractivity contribution in [3.8, 4) is 0 Å². The summed E-state index contributed by atoms with van der Waals surface area (Å²) in [5.41, 5.74) is 1.66. The third-order valence-corrected chi connectivity index (χ3v) is 1.90. The molecule has 0 fully saturated rings. The van der Waals surface area contributed by atoms with Crippen LogP contribution in [0.3, 0.4) is 0 Å². The predicted octanol–water partition coefficient (Wildman–Crippen LogP) is 1.84. The van der Waals surface area contributed by atoms with Gasteiger partial charge in [0.2, 0.25) is 4.72 Å². The molecule has 2 nitrogen and oxygen atoms in total. The fourth-order valence-electron chi connectivity index (χ4n) is 1.09. The number of thiol groups is 1. The zero-order valence-electron chi connectivity index (χ0n) is 6.82. The number of hydrogen-bond acceptors (Lipinski definition) is 2. The highest BCUT2D eigenvalue weighted by Crippen LogP contribution is 2.09. The van der Waals surface area contributed by atoms with Gasteiger partial charge in [0.1, 0.15) is 0 Å². The molecule has 0 aliphatic heterocycles. The van der Waals surface area contributed by atoms with Crippen molar-refractivity contribution in [3.05, 3.63) is 35.4 Å². The van der Waals surface area contributed by atoms with Crippen LogP contribution in [0, 0.1) is 0 Å². The molecule has 0 aromatic heterocycles. The summed E-state index contributed by atoms with van der Waals surface area (Å²) in [6.45, 7) is 2.00. The van der Waals surface area contributed by atoms with Crippen LogP contribution in [-0.4, -0.2) is 5.91 Å². The Labute approximate surface area is 77.5 Å². The van der Waals surface area contributed by atoms with Crippen LogP contribution < -0.4 is 4.72 Å². The van der Waals surface area contributed by atoms with Gasteiger partial charge in [-0.1, -0.05) is 25.1 Å². The van der Waals surface area contributed by atoms with Crippen molar-refractivity contribution in [1.29, 1.82) is 0 Å². The van der Waals surface area contributed by atoms with Crippen LogP contribution in [0.2, 0.25) is 0 Å². The maximum absolute atomic E-state index is 11.2. The molecule has 2 radical (unpaired) electrons. The summed E-state index contributed by atoms with van der Waals surface area (Å²) in [7, 11) is 0. The van der Waals surface area contributed by atoms with E-state index in [0.717, 1.165) is 12.0 Å². The van der Waals surface area contributed by atoms with Gasteiger partial charge in [-0.3, -0.25) is 0 Å². The lowest BCUT2D eigenvalue weighted by atomic mass is 10.1. The van der Waals surface area contributed by atoms with Gasteiger partial charge in [0, 0.05) is 0 Å². The third kappa shape index (κ3) is 1.87. The highest BCUT2D eigenvalue weighted by molar-refractivity contribution is 7.78. The minimum Gasteiger partial charge on any atom is -0.212 e. The van der Waals surface area contributed by atoms with Crippen molar-refractivity contribution in [2.45, 2.75) is 13.3 Å². The molecule has 1 amide bonds. The predicted molar refractivity (Wildman–Crippen MR) is 51.3 cm³/mol. The van der Waals surface area contributed by atoms with Crippen molar-refractivity contribution in [2.75, 3.05) is 0 Å². The van der Waals surface area contributed by atoms with Gasteiger partial charge in [-0.25, -0.2) is 4.79 Å². The van der Waals surface area contributed by atoms with Crippen LogP contribution in [0.4, 0.5) is 0 Å². The maximum Gasteiger partial charge on any atom is 0.468 e. The molecular formula is C9H10NOS+. The quantitative estimate of drug-likeness (QED) is 0.692.